The molecule has 1 aliphatic carbocycles. The van der Waals surface area contributed by atoms with Gasteiger partial charge in [-0.25, -0.2) is 0 Å². The van der Waals surface area contributed by atoms with Crippen LogP contribution >= 0.6 is 0 Å². The maximum atomic E-state index is 3.54. The van der Waals surface area contributed by atoms with Gasteiger partial charge < -0.3 is 5.32 Å². The van der Waals surface area contributed by atoms with E-state index < -0.39 is 0 Å². The second-order valence-corrected chi connectivity index (χ2v) is 4.18. The SMILES string of the molecule is CC1=C[C@@H]2CC(C)CCC2N1. The number of fused-ring (bicyclic) bond motifs is 1. The van der Waals surface area contributed by atoms with Crippen molar-refractivity contribution in [2.24, 2.45) is 11.8 Å². The lowest BCUT2D eigenvalue weighted by atomic mass is 9.80. The van der Waals surface area contributed by atoms with Gasteiger partial charge in [0.2, 0.25) is 0 Å². The predicted molar refractivity (Wildman–Crippen MR) is 47.2 cm³/mol. The van der Waals surface area contributed by atoms with Crippen molar-refractivity contribution in [1.29, 1.82) is 0 Å². The second kappa shape index (κ2) is 2.54. The van der Waals surface area contributed by atoms with E-state index in [0.717, 1.165) is 17.9 Å². The molecule has 2 rings (SSSR count). The third kappa shape index (κ3) is 1.29. The summed E-state index contributed by atoms with van der Waals surface area (Å²) in [5, 5.41) is 3.54. The monoisotopic (exact) mass is 151 g/mol. The molecule has 0 radical (unpaired) electrons. The highest BCUT2D eigenvalue weighted by Crippen LogP contribution is 2.33. The van der Waals surface area contributed by atoms with E-state index in [2.05, 4.69) is 25.2 Å². The zero-order valence-electron chi connectivity index (χ0n) is 7.43. The summed E-state index contributed by atoms with van der Waals surface area (Å²) in [6.45, 7) is 4.56. The normalized spacial score (nSPS) is 42.7. The molecule has 1 nitrogen and oxygen atoms in total. The van der Waals surface area contributed by atoms with Crippen LogP contribution < -0.4 is 5.32 Å². The van der Waals surface area contributed by atoms with Gasteiger partial charge in [0, 0.05) is 11.7 Å². The molecule has 0 bridgehead atoms. The Morgan fingerprint density at radius 2 is 2.27 bits per heavy atom. The average Bonchev–Trinajstić information content (AvgIpc) is 2.27. The Morgan fingerprint density at radius 3 is 3.09 bits per heavy atom. The van der Waals surface area contributed by atoms with Gasteiger partial charge in [0.1, 0.15) is 0 Å². The molecule has 1 aliphatic heterocycles. The van der Waals surface area contributed by atoms with Crippen LogP contribution in [-0.2, 0) is 0 Å². The van der Waals surface area contributed by atoms with Gasteiger partial charge in [-0.2, -0.15) is 0 Å². The van der Waals surface area contributed by atoms with Crippen LogP contribution in [0.2, 0.25) is 0 Å². The van der Waals surface area contributed by atoms with Crippen molar-refractivity contribution in [1.82, 2.24) is 5.32 Å². The Balaban J connectivity index is 2.05. The molecule has 0 aromatic carbocycles. The number of rotatable bonds is 0. The van der Waals surface area contributed by atoms with Gasteiger partial charge in [-0.1, -0.05) is 13.0 Å². The standard InChI is InChI=1S/C10H17N/c1-7-3-4-10-9(5-7)6-8(2)11-10/h6-7,9-11H,3-5H2,1-2H3/t7?,9-,10?/m0/s1. The number of nitrogens with one attached hydrogen (secondary N) is 1. The fourth-order valence-corrected chi connectivity index (χ4v) is 2.45. The molecule has 0 saturated heterocycles. The molecule has 62 valence electrons. The van der Waals surface area contributed by atoms with Crippen LogP contribution in [0.1, 0.15) is 33.1 Å². The van der Waals surface area contributed by atoms with Crippen molar-refractivity contribution >= 4 is 0 Å². The zero-order chi connectivity index (χ0) is 7.84. The van der Waals surface area contributed by atoms with Crippen molar-refractivity contribution in [3.05, 3.63) is 11.8 Å². The third-order valence-electron chi connectivity index (χ3n) is 3.04. The molecule has 0 aromatic heterocycles. The first-order valence-electron chi connectivity index (χ1n) is 4.70. The molecule has 0 aromatic rings. The van der Waals surface area contributed by atoms with Gasteiger partial charge in [0.05, 0.1) is 0 Å². The summed E-state index contributed by atoms with van der Waals surface area (Å²) < 4.78 is 0. The molecule has 1 N–H and O–H groups in total. The lowest BCUT2D eigenvalue weighted by molar-refractivity contribution is 0.279. The van der Waals surface area contributed by atoms with Crippen LogP contribution in [0.15, 0.2) is 11.8 Å². The lowest BCUT2D eigenvalue weighted by Gasteiger charge is -2.29. The Bertz CT molecular complexity index is 183. The Labute approximate surface area is 68.9 Å². The molecule has 1 fully saturated rings. The van der Waals surface area contributed by atoms with Crippen LogP contribution in [0.4, 0.5) is 0 Å². The summed E-state index contributed by atoms with van der Waals surface area (Å²) in [4.78, 5) is 0. The van der Waals surface area contributed by atoms with Crippen LogP contribution in [0.3, 0.4) is 0 Å². The van der Waals surface area contributed by atoms with E-state index >= 15 is 0 Å². The highest BCUT2D eigenvalue weighted by atomic mass is 15.0. The first-order chi connectivity index (χ1) is 5.25. The molecule has 2 unspecified atom stereocenters. The van der Waals surface area contributed by atoms with Crippen LogP contribution in [0, 0.1) is 11.8 Å². The van der Waals surface area contributed by atoms with Gasteiger partial charge in [-0.15, -0.1) is 0 Å². The van der Waals surface area contributed by atoms with E-state index in [4.69, 9.17) is 0 Å². The topological polar surface area (TPSA) is 12.0 Å². The minimum Gasteiger partial charge on any atom is -0.385 e. The van der Waals surface area contributed by atoms with Gasteiger partial charge in [0.25, 0.3) is 0 Å². The van der Waals surface area contributed by atoms with Crippen LogP contribution in [0.25, 0.3) is 0 Å². The maximum Gasteiger partial charge on any atom is 0.0321 e. The van der Waals surface area contributed by atoms with Crippen molar-refractivity contribution in [2.45, 2.75) is 39.2 Å². The Kier molecular flexibility index (Phi) is 1.67. The second-order valence-electron chi connectivity index (χ2n) is 4.18. The van der Waals surface area contributed by atoms with Crippen molar-refractivity contribution in [2.75, 3.05) is 0 Å². The molecule has 2 aliphatic rings. The fourth-order valence-electron chi connectivity index (χ4n) is 2.45. The van der Waals surface area contributed by atoms with Crippen molar-refractivity contribution in [3.8, 4) is 0 Å². The molecule has 11 heavy (non-hydrogen) atoms. The molecular formula is C10H17N. The quantitative estimate of drug-likeness (QED) is 0.560. The first-order valence-corrected chi connectivity index (χ1v) is 4.70. The molecule has 1 saturated carbocycles. The molecule has 1 heteroatoms. The van der Waals surface area contributed by atoms with Crippen molar-refractivity contribution in [3.63, 3.8) is 0 Å². The lowest BCUT2D eigenvalue weighted by Crippen LogP contribution is -2.33. The van der Waals surface area contributed by atoms with Gasteiger partial charge >= 0.3 is 0 Å². The summed E-state index contributed by atoms with van der Waals surface area (Å²) in [7, 11) is 0. The summed E-state index contributed by atoms with van der Waals surface area (Å²) in [6, 6.07) is 0.784. The van der Waals surface area contributed by atoms with Gasteiger partial charge in [-0.05, 0) is 38.0 Å². The van der Waals surface area contributed by atoms with Crippen LogP contribution in [-0.4, -0.2) is 6.04 Å². The smallest absolute Gasteiger partial charge is 0.0321 e. The van der Waals surface area contributed by atoms with E-state index in [1.54, 1.807) is 0 Å². The minimum absolute atomic E-state index is 0.784. The van der Waals surface area contributed by atoms with E-state index in [0.29, 0.717) is 0 Å². The fraction of sp³-hybridized carbons (Fsp3) is 0.800. The number of hydrogen-bond acceptors (Lipinski definition) is 1. The molecule has 0 spiro atoms. The summed E-state index contributed by atoms with van der Waals surface area (Å²) in [5.74, 6) is 1.79. The Hall–Kier alpha value is -0.460. The van der Waals surface area contributed by atoms with Gasteiger partial charge in [-0.3, -0.25) is 0 Å². The van der Waals surface area contributed by atoms with Crippen molar-refractivity contribution < 1.29 is 0 Å². The molecular weight excluding hydrogens is 134 g/mol. The first kappa shape index (κ1) is 7.20. The number of allylic oxidation sites excluding steroid dienone is 1. The highest BCUT2D eigenvalue weighted by Gasteiger charge is 2.30. The predicted octanol–water partition coefficient (Wildman–Crippen LogP) is 2.30. The molecule has 3 atom stereocenters. The highest BCUT2D eigenvalue weighted by molar-refractivity contribution is 5.12. The van der Waals surface area contributed by atoms with Crippen LogP contribution in [0.5, 0.6) is 0 Å². The maximum absolute atomic E-state index is 3.54. The summed E-state index contributed by atoms with van der Waals surface area (Å²) >= 11 is 0. The van der Waals surface area contributed by atoms with E-state index in [9.17, 15) is 0 Å². The average molecular weight is 151 g/mol. The largest absolute Gasteiger partial charge is 0.385 e. The summed E-state index contributed by atoms with van der Waals surface area (Å²) in [6.07, 6.45) is 6.60. The summed E-state index contributed by atoms with van der Waals surface area (Å²) in [5.41, 5.74) is 1.40. The molecule has 0 amide bonds. The van der Waals surface area contributed by atoms with E-state index in [1.807, 2.05) is 0 Å². The number of hydrogen-bond donors (Lipinski definition) is 1. The minimum atomic E-state index is 0.784. The van der Waals surface area contributed by atoms with E-state index in [-0.39, 0.29) is 0 Å². The van der Waals surface area contributed by atoms with Gasteiger partial charge in [0.15, 0.2) is 0 Å². The molecule has 1 heterocycles. The van der Waals surface area contributed by atoms with E-state index in [1.165, 1.54) is 25.0 Å². The third-order valence-corrected chi connectivity index (χ3v) is 3.04. The Morgan fingerprint density at radius 1 is 1.45 bits per heavy atom. The zero-order valence-corrected chi connectivity index (χ0v) is 7.43.